The predicted molar refractivity (Wildman–Crippen MR) is 120 cm³/mol. The van der Waals surface area contributed by atoms with Crippen molar-refractivity contribution >= 4 is 80.0 Å². The Hall–Kier alpha value is -1.33. The molecule has 1 amide bonds. The van der Waals surface area contributed by atoms with Gasteiger partial charge in [-0.25, -0.2) is 5.43 Å². The number of hydrogen-bond donors (Lipinski definition) is 1. The fraction of sp³-hybridized carbons (Fsp3) is 0.222. The van der Waals surface area contributed by atoms with Crippen molar-refractivity contribution < 1.29 is 18.0 Å². The molecule has 2 aromatic rings. The summed E-state index contributed by atoms with van der Waals surface area (Å²) in [5, 5.41) is 0.802. The lowest BCUT2D eigenvalue weighted by Crippen LogP contribution is -2.55. The van der Waals surface area contributed by atoms with Gasteiger partial charge in [-0.15, -0.1) is 11.3 Å². The van der Waals surface area contributed by atoms with Crippen molar-refractivity contribution in [1.29, 1.82) is 0 Å². The molecule has 0 aliphatic carbocycles. The number of nitrogens with one attached hydrogen (secondary N) is 1. The van der Waals surface area contributed by atoms with Gasteiger partial charge in [-0.2, -0.15) is 12.8 Å². The Kier molecular flexibility index (Phi) is 5.83. The van der Waals surface area contributed by atoms with Crippen LogP contribution in [0.1, 0.15) is 5.56 Å². The topological polar surface area (TPSA) is 86.8 Å². The maximum atomic E-state index is 13.4. The number of aldehydes is 1. The molecule has 1 unspecified atom stereocenters. The minimum Gasteiger partial charge on any atom is -0.336 e. The summed E-state index contributed by atoms with van der Waals surface area (Å²) in [4.78, 5) is 26.5. The van der Waals surface area contributed by atoms with Crippen molar-refractivity contribution in [2.24, 2.45) is 0 Å². The highest BCUT2D eigenvalue weighted by Gasteiger charge is 2.55. The second kappa shape index (κ2) is 7.91. The summed E-state index contributed by atoms with van der Waals surface area (Å²) >= 11 is 24.9. The fourth-order valence-electron chi connectivity index (χ4n) is 3.54. The lowest BCUT2D eigenvalue weighted by atomic mass is 9.86. The van der Waals surface area contributed by atoms with Crippen molar-refractivity contribution in [2.45, 2.75) is 16.2 Å². The van der Waals surface area contributed by atoms with Gasteiger partial charge in [0.15, 0.2) is 0 Å². The smallest absolute Gasteiger partial charge is 0.287 e. The molecule has 0 spiro atoms. The first-order chi connectivity index (χ1) is 14.5. The Bertz CT molecular complexity index is 1240. The number of likely N-dealkylation sites (N-methyl/N-ethyl adjacent to an activating group) is 1. The Balaban J connectivity index is 1.83. The van der Waals surface area contributed by atoms with Gasteiger partial charge >= 0.3 is 0 Å². The van der Waals surface area contributed by atoms with Gasteiger partial charge < -0.3 is 9.69 Å². The largest absolute Gasteiger partial charge is 0.336 e. The van der Waals surface area contributed by atoms with E-state index in [0.29, 0.717) is 27.5 Å². The number of rotatable bonds is 5. The van der Waals surface area contributed by atoms with Crippen LogP contribution in [0.25, 0.3) is 0 Å². The fourth-order valence-corrected chi connectivity index (χ4v) is 7.37. The van der Waals surface area contributed by atoms with E-state index in [4.69, 9.17) is 46.4 Å². The van der Waals surface area contributed by atoms with E-state index in [9.17, 15) is 18.0 Å². The van der Waals surface area contributed by atoms with Crippen LogP contribution in [0.15, 0.2) is 39.7 Å². The first kappa shape index (κ1) is 22.8. The van der Waals surface area contributed by atoms with Gasteiger partial charge in [0.25, 0.3) is 15.9 Å². The zero-order valence-electron chi connectivity index (χ0n) is 15.7. The molecule has 1 N–H and O–H groups in total. The summed E-state index contributed by atoms with van der Waals surface area (Å²) in [6.07, 6.45) is 0.591. The summed E-state index contributed by atoms with van der Waals surface area (Å²) < 4.78 is 27.4. The monoisotopic (exact) mass is 539 g/mol. The average molecular weight is 541 g/mol. The third-order valence-corrected chi connectivity index (χ3v) is 9.59. The molecule has 0 bridgehead atoms. The molecule has 13 heteroatoms. The first-order valence-electron chi connectivity index (χ1n) is 8.67. The molecular weight excluding hydrogens is 528 g/mol. The Morgan fingerprint density at radius 2 is 1.90 bits per heavy atom. The highest BCUT2D eigenvalue weighted by Crippen LogP contribution is 2.43. The predicted octanol–water partition coefficient (Wildman–Crippen LogP) is 3.78. The number of carbonyl (C=O) groups is 2. The van der Waals surface area contributed by atoms with E-state index in [0.717, 1.165) is 15.8 Å². The molecule has 1 atom stereocenters. The molecule has 0 saturated carbocycles. The van der Waals surface area contributed by atoms with Gasteiger partial charge in [-0.05, 0) is 23.8 Å². The third-order valence-electron chi connectivity index (χ3n) is 5.08. The van der Waals surface area contributed by atoms with E-state index >= 15 is 0 Å². The van der Waals surface area contributed by atoms with Crippen LogP contribution in [0.2, 0.25) is 19.4 Å². The molecular formula is C18H13Cl4N3O4S2. The lowest BCUT2D eigenvalue weighted by Gasteiger charge is -2.31. The van der Waals surface area contributed by atoms with Crippen molar-refractivity contribution in [2.75, 3.05) is 13.6 Å². The molecule has 2 aliphatic heterocycles. The van der Waals surface area contributed by atoms with E-state index in [1.165, 1.54) is 24.1 Å². The number of hydrazine groups is 1. The number of nitrogens with zero attached hydrogens (tertiary/aromatic N) is 2. The van der Waals surface area contributed by atoms with Crippen molar-refractivity contribution in [3.63, 3.8) is 0 Å². The van der Waals surface area contributed by atoms with Crippen LogP contribution < -0.4 is 5.43 Å². The van der Waals surface area contributed by atoms with Crippen molar-refractivity contribution in [3.8, 4) is 0 Å². The molecule has 4 rings (SSSR count). The van der Waals surface area contributed by atoms with Gasteiger partial charge in [0.2, 0.25) is 0 Å². The third kappa shape index (κ3) is 3.66. The number of benzene rings is 1. The van der Waals surface area contributed by atoms with Gasteiger partial charge in [-0.3, -0.25) is 4.79 Å². The summed E-state index contributed by atoms with van der Waals surface area (Å²) in [5.41, 5.74) is 2.00. The summed E-state index contributed by atoms with van der Waals surface area (Å²) in [6.45, 7) is 0.0725. The normalized spacial score (nSPS) is 21.3. The van der Waals surface area contributed by atoms with Crippen molar-refractivity contribution in [1.82, 2.24) is 14.7 Å². The van der Waals surface area contributed by atoms with Crippen LogP contribution in [0, 0.1) is 0 Å². The zero-order chi connectivity index (χ0) is 22.7. The molecule has 31 heavy (non-hydrogen) atoms. The van der Waals surface area contributed by atoms with E-state index in [1.807, 2.05) is 0 Å². The van der Waals surface area contributed by atoms with Gasteiger partial charge in [0, 0.05) is 35.6 Å². The SMILES string of the molecule is CN1CC2=C(C1=O)N(S(=O)(=O)c1cc(Cl)c(Cl)s1)NC2(C=O)Cc1ccc(Cl)cc1Cl. The quantitative estimate of drug-likeness (QED) is 0.583. The maximum absolute atomic E-state index is 13.4. The Morgan fingerprint density at radius 3 is 2.48 bits per heavy atom. The lowest BCUT2D eigenvalue weighted by molar-refractivity contribution is -0.126. The van der Waals surface area contributed by atoms with E-state index in [1.54, 1.807) is 12.1 Å². The second-order valence-corrected chi connectivity index (χ2v) is 12.0. The molecule has 7 nitrogen and oxygen atoms in total. The molecule has 164 valence electrons. The van der Waals surface area contributed by atoms with Crippen LogP contribution in [-0.4, -0.2) is 49.1 Å². The number of halogens is 4. The Morgan fingerprint density at radius 1 is 1.19 bits per heavy atom. The molecule has 2 aliphatic rings. The van der Waals surface area contributed by atoms with E-state index < -0.39 is 21.5 Å². The van der Waals surface area contributed by atoms with E-state index in [2.05, 4.69) is 5.43 Å². The van der Waals surface area contributed by atoms with E-state index in [-0.39, 0.29) is 32.2 Å². The number of thiophene rings is 1. The van der Waals surface area contributed by atoms with Crippen LogP contribution >= 0.6 is 57.7 Å². The van der Waals surface area contributed by atoms with Crippen LogP contribution in [0.4, 0.5) is 0 Å². The number of carbonyl (C=O) groups excluding carboxylic acids is 2. The van der Waals surface area contributed by atoms with Gasteiger partial charge in [-0.1, -0.05) is 52.5 Å². The number of amides is 1. The first-order valence-corrected chi connectivity index (χ1v) is 12.4. The molecule has 0 fully saturated rings. The van der Waals surface area contributed by atoms with Crippen LogP contribution in [-0.2, 0) is 26.0 Å². The number of sulfonamides is 1. The molecule has 0 radical (unpaired) electrons. The van der Waals surface area contributed by atoms with Crippen LogP contribution in [0.5, 0.6) is 0 Å². The molecule has 0 saturated heterocycles. The maximum Gasteiger partial charge on any atom is 0.287 e. The number of hydrogen-bond acceptors (Lipinski definition) is 6. The van der Waals surface area contributed by atoms with Gasteiger partial charge in [0.1, 0.15) is 26.1 Å². The molecule has 1 aromatic heterocycles. The summed E-state index contributed by atoms with van der Waals surface area (Å²) in [6, 6.07) is 5.99. The zero-order valence-corrected chi connectivity index (χ0v) is 20.3. The minimum absolute atomic E-state index is 0.00439. The minimum atomic E-state index is -4.29. The second-order valence-electron chi connectivity index (χ2n) is 7.06. The van der Waals surface area contributed by atoms with Crippen molar-refractivity contribution in [3.05, 3.63) is 60.5 Å². The standard InChI is InChI=1S/C18H13Cl4N3O4S2/c1-24-7-11-15(17(24)27)25(31(28,29)14-5-13(21)16(22)30-14)23-18(11,8-26)6-9-2-3-10(19)4-12(9)20/h2-5,8,23H,6-7H2,1H3. The molecule has 1 aromatic carbocycles. The van der Waals surface area contributed by atoms with Crippen LogP contribution in [0.3, 0.4) is 0 Å². The molecule has 3 heterocycles. The summed E-state index contributed by atoms with van der Waals surface area (Å²) in [7, 11) is -2.76. The highest BCUT2D eigenvalue weighted by molar-refractivity contribution is 7.91. The summed E-state index contributed by atoms with van der Waals surface area (Å²) in [5.74, 6) is -0.536. The van der Waals surface area contributed by atoms with Gasteiger partial charge in [0.05, 0.1) is 5.02 Å². The Labute approximate surface area is 202 Å². The average Bonchev–Trinajstić information content (AvgIpc) is 3.32. The highest BCUT2D eigenvalue weighted by atomic mass is 35.5.